The molecule has 3 N–H and O–H groups in total. The highest BCUT2D eigenvalue weighted by atomic mass is 16.5. The zero-order chi connectivity index (χ0) is 14.3. The maximum atomic E-state index is 11.7. The lowest BCUT2D eigenvalue weighted by atomic mass is 9.93. The van der Waals surface area contributed by atoms with Crippen LogP contribution in [0.15, 0.2) is 24.3 Å². The standard InChI is InChI=1S/C15H24N2O2/c1-15(2,3)8-9-19-11-14(18)17-13-7-5-4-6-12(13)10-16/h4-7H,8-11,16H2,1-3H3,(H,17,18). The summed E-state index contributed by atoms with van der Waals surface area (Å²) in [5.74, 6) is -0.144. The van der Waals surface area contributed by atoms with Gasteiger partial charge < -0.3 is 15.8 Å². The van der Waals surface area contributed by atoms with E-state index in [1.54, 1.807) is 0 Å². The van der Waals surface area contributed by atoms with Crippen molar-refractivity contribution in [1.29, 1.82) is 0 Å². The maximum absolute atomic E-state index is 11.7. The van der Waals surface area contributed by atoms with E-state index in [4.69, 9.17) is 10.5 Å². The van der Waals surface area contributed by atoms with Crippen LogP contribution in [0.1, 0.15) is 32.8 Å². The third-order valence-corrected chi connectivity index (χ3v) is 2.74. The van der Waals surface area contributed by atoms with Crippen LogP contribution in [0.25, 0.3) is 0 Å². The van der Waals surface area contributed by atoms with Gasteiger partial charge in [0, 0.05) is 18.8 Å². The molecular weight excluding hydrogens is 240 g/mol. The molecule has 1 amide bonds. The van der Waals surface area contributed by atoms with Crippen LogP contribution in [0, 0.1) is 5.41 Å². The molecule has 0 spiro atoms. The summed E-state index contributed by atoms with van der Waals surface area (Å²) in [6.45, 7) is 7.52. The number of nitrogens with two attached hydrogens (primary N) is 1. The van der Waals surface area contributed by atoms with Crippen molar-refractivity contribution >= 4 is 11.6 Å². The molecule has 0 atom stereocenters. The van der Waals surface area contributed by atoms with E-state index in [1.807, 2.05) is 24.3 Å². The summed E-state index contributed by atoms with van der Waals surface area (Å²) in [6, 6.07) is 7.51. The van der Waals surface area contributed by atoms with Crippen LogP contribution in [0.3, 0.4) is 0 Å². The Kier molecular flexibility index (Phi) is 5.99. The van der Waals surface area contributed by atoms with Crippen LogP contribution in [0.4, 0.5) is 5.69 Å². The molecule has 4 nitrogen and oxygen atoms in total. The Hall–Kier alpha value is -1.39. The highest BCUT2D eigenvalue weighted by molar-refractivity contribution is 5.92. The van der Waals surface area contributed by atoms with Gasteiger partial charge in [0.2, 0.25) is 5.91 Å². The van der Waals surface area contributed by atoms with Crippen LogP contribution in [0.2, 0.25) is 0 Å². The largest absolute Gasteiger partial charge is 0.372 e. The lowest BCUT2D eigenvalue weighted by molar-refractivity contribution is -0.120. The summed E-state index contributed by atoms with van der Waals surface area (Å²) in [5, 5.41) is 2.82. The van der Waals surface area contributed by atoms with Gasteiger partial charge in [0.1, 0.15) is 6.61 Å². The zero-order valence-corrected chi connectivity index (χ0v) is 12.0. The second-order valence-electron chi connectivity index (χ2n) is 5.77. The summed E-state index contributed by atoms with van der Waals surface area (Å²) < 4.78 is 5.37. The second kappa shape index (κ2) is 7.26. The fourth-order valence-corrected chi connectivity index (χ4v) is 1.55. The molecule has 0 aliphatic heterocycles. The monoisotopic (exact) mass is 264 g/mol. The van der Waals surface area contributed by atoms with E-state index in [2.05, 4.69) is 26.1 Å². The van der Waals surface area contributed by atoms with Gasteiger partial charge in [0.15, 0.2) is 0 Å². The molecule has 106 valence electrons. The van der Waals surface area contributed by atoms with Crippen molar-refractivity contribution in [3.63, 3.8) is 0 Å². The van der Waals surface area contributed by atoms with Crippen LogP contribution >= 0.6 is 0 Å². The van der Waals surface area contributed by atoms with Crippen molar-refractivity contribution in [3.05, 3.63) is 29.8 Å². The summed E-state index contributed by atoms with van der Waals surface area (Å²) in [4.78, 5) is 11.7. The van der Waals surface area contributed by atoms with Crippen LogP contribution < -0.4 is 11.1 Å². The predicted molar refractivity (Wildman–Crippen MR) is 77.9 cm³/mol. The Bertz CT molecular complexity index is 411. The molecule has 1 aromatic rings. The fourth-order valence-electron chi connectivity index (χ4n) is 1.55. The summed E-state index contributed by atoms with van der Waals surface area (Å²) in [5.41, 5.74) is 7.52. The lowest BCUT2D eigenvalue weighted by Crippen LogP contribution is -2.21. The minimum absolute atomic E-state index is 0.0784. The molecule has 0 aliphatic carbocycles. The second-order valence-corrected chi connectivity index (χ2v) is 5.77. The fraction of sp³-hybridized carbons (Fsp3) is 0.533. The van der Waals surface area contributed by atoms with Crippen LogP contribution in [-0.2, 0) is 16.1 Å². The summed E-state index contributed by atoms with van der Waals surface area (Å²) in [6.07, 6.45) is 0.930. The Morgan fingerprint density at radius 2 is 2.00 bits per heavy atom. The van der Waals surface area contributed by atoms with Crippen LogP contribution in [0.5, 0.6) is 0 Å². The SMILES string of the molecule is CC(C)(C)CCOCC(=O)Nc1ccccc1CN. The van der Waals surface area contributed by atoms with Crippen molar-refractivity contribution in [2.75, 3.05) is 18.5 Å². The first-order valence-corrected chi connectivity index (χ1v) is 6.58. The molecular formula is C15H24N2O2. The average molecular weight is 264 g/mol. The quantitative estimate of drug-likeness (QED) is 0.776. The zero-order valence-electron chi connectivity index (χ0n) is 12.0. The van der Waals surface area contributed by atoms with Crippen molar-refractivity contribution in [2.24, 2.45) is 11.1 Å². The smallest absolute Gasteiger partial charge is 0.250 e. The van der Waals surface area contributed by atoms with Crippen molar-refractivity contribution in [3.8, 4) is 0 Å². The normalized spacial score (nSPS) is 11.4. The predicted octanol–water partition coefficient (Wildman–Crippen LogP) is 2.54. The maximum Gasteiger partial charge on any atom is 0.250 e. The Balaban J connectivity index is 2.35. The van der Waals surface area contributed by atoms with E-state index in [0.29, 0.717) is 13.2 Å². The number of benzene rings is 1. The van der Waals surface area contributed by atoms with Crippen LogP contribution in [-0.4, -0.2) is 19.1 Å². The van der Waals surface area contributed by atoms with Gasteiger partial charge in [-0.15, -0.1) is 0 Å². The number of rotatable bonds is 6. The lowest BCUT2D eigenvalue weighted by Gasteiger charge is -2.17. The summed E-state index contributed by atoms with van der Waals surface area (Å²) in [7, 11) is 0. The van der Waals surface area contributed by atoms with E-state index in [1.165, 1.54) is 0 Å². The molecule has 1 aromatic carbocycles. The number of nitrogens with one attached hydrogen (secondary N) is 1. The molecule has 0 unspecified atom stereocenters. The molecule has 0 radical (unpaired) electrons. The summed E-state index contributed by atoms with van der Waals surface area (Å²) >= 11 is 0. The molecule has 4 heteroatoms. The Morgan fingerprint density at radius 1 is 1.32 bits per heavy atom. The minimum Gasteiger partial charge on any atom is -0.372 e. The number of hydrogen-bond donors (Lipinski definition) is 2. The van der Waals surface area contributed by atoms with Crippen molar-refractivity contribution in [1.82, 2.24) is 0 Å². The third kappa shape index (κ3) is 6.36. The van der Waals surface area contributed by atoms with E-state index < -0.39 is 0 Å². The Morgan fingerprint density at radius 3 is 2.63 bits per heavy atom. The minimum atomic E-state index is -0.144. The number of anilines is 1. The number of ether oxygens (including phenoxy) is 1. The van der Waals surface area contributed by atoms with Gasteiger partial charge in [-0.2, -0.15) is 0 Å². The van der Waals surface area contributed by atoms with E-state index in [9.17, 15) is 4.79 Å². The highest BCUT2D eigenvalue weighted by Crippen LogP contribution is 2.18. The van der Waals surface area contributed by atoms with Gasteiger partial charge >= 0.3 is 0 Å². The van der Waals surface area contributed by atoms with Gasteiger partial charge in [-0.25, -0.2) is 0 Å². The Labute approximate surface area is 115 Å². The van der Waals surface area contributed by atoms with Crippen molar-refractivity contribution in [2.45, 2.75) is 33.7 Å². The van der Waals surface area contributed by atoms with Crippen molar-refractivity contribution < 1.29 is 9.53 Å². The first-order chi connectivity index (χ1) is 8.92. The molecule has 0 bridgehead atoms. The number of carbonyl (C=O) groups excluding carboxylic acids is 1. The first kappa shape index (κ1) is 15.7. The molecule has 0 fully saturated rings. The van der Waals surface area contributed by atoms with Gasteiger partial charge in [-0.1, -0.05) is 39.0 Å². The first-order valence-electron chi connectivity index (χ1n) is 6.58. The molecule has 0 saturated heterocycles. The number of carbonyl (C=O) groups is 1. The van der Waals surface area contributed by atoms with Gasteiger partial charge in [-0.3, -0.25) is 4.79 Å². The third-order valence-electron chi connectivity index (χ3n) is 2.74. The highest BCUT2D eigenvalue weighted by Gasteiger charge is 2.10. The number of para-hydroxylation sites is 1. The molecule has 1 rings (SSSR count). The number of hydrogen-bond acceptors (Lipinski definition) is 3. The van der Waals surface area contributed by atoms with E-state index >= 15 is 0 Å². The van der Waals surface area contributed by atoms with Gasteiger partial charge in [0.05, 0.1) is 0 Å². The molecule has 0 heterocycles. The average Bonchev–Trinajstić information content (AvgIpc) is 2.34. The molecule has 0 aliphatic rings. The topological polar surface area (TPSA) is 64.3 Å². The van der Waals surface area contributed by atoms with E-state index in [-0.39, 0.29) is 17.9 Å². The molecule has 19 heavy (non-hydrogen) atoms. The molecule has 0 aromatic heterocycles. The molecule has 0 saturated carbocycles. The number of amides is 1. The van der Waals surface area contributed by atoms with Gasteiger partial charge in [-0.05, 0) is 23.5 Å². The van der Waals surface area contributed by atoms with Gasteiger partial charge in [0.25, 0.3) is 0 Å². The van der Waals surface area contributed by atoms with E-state index in [0.717, 1.165) is 17.7 Å².